The van der Waals surface area contributed by atoms with Crippen molar-refractivity contribution in [3.63, 3.8) is 0 Å². The number of carbonyl (C=O) groups excluding carboxylic acids is 2. The number of esters is 2. The summed E-state index contributed by atoms with van der Waals surface area (Å²) in [6.07, 6.45) is 63.7. The molecule has 0 radical (unpaired) electrons. The van der Waals surface area contributed by atoms with Gasteiger partial charge in [-0.05, 0) is 83.5 Å². The second kappa shape index (κ2) is 49.4. The SMILES string of the molecule is CC/C=C\C/C=C\C/C=C\CCCCCCCCCC(=O)OCC(COP(=O)([O-])OCC[N+](C)(C)C)OC(=O)CCCCCCCCCCCCCC/C=C\C/C=C\C/C=C\CCCCCCC. The van der Waals surface area contributed by atoms with Crippen molar-refractivity contribution in [2.24, 2.45) is 0 Å². The number of unbranched alkanes of at least 4 members (excludes halogenated alkanes) is 24. The number of carbonyl (C=O) groups is 2. The summed E-state index contributed by atoms with van der Waals surface area (Å²) in [6.45, 7) is 4.11. The van der Waals surface area contributed by atoms with Crippen LogP contribution in [-0.2, 0) is 32.7 Å². The Hall–Kier alpha value is -2.55. The first-order valence-electron chi connectivity index (χ1n) is 27.6. The number of likely N-dealkylation sites (N-methyl/N-ethyl adjacent to an activating group) is 1. The zero-order valence-corrected chi connectivity index (χ0v) is 45.4. The maximum absolute atomic E-state index is 12.8. The third-order valence-corrected chi connectivity index (χ3v) is 12.7. The van der Waals surface area contributed by atoms with Gasteiger partial charge in [0.25, 0.3) is 7.82 Å². The summed E-state index contributed by atoms with van der Waals surface area (Å²) in [5.41, 5.74) is 0. The molecule has 2 unspecified atom stereocenters. The molecule has 9 nitrogen and oxygen atoms in total. The number of phosphoric acid groups is 1. The average Bonchev–Trinajstić information content (AvgIpc) is 3.30. The summed E-state index contributed by atoms with van der Waals surface area (Å²) in [5.74, 6) is -0.847. The smallest absolute Gasteiger partial charge is 0.306 e. The fraction of sp³-hybridized carbons (Fsp3) is 0.759. The van der Waals surface area contributed by atoms with Crippen LogP contribution in [0.5, 0.6) is 0 Å². The van der Waals surface area contributed by atoms with Gasteiger partial charge in [0.05, 0.1) is 27.7 Å². The number of ether oxygens (including phenoxy) is 2. The summed E-state index contributed by atoms with van der Waals surface area (Å²) in [7, 11) is 1.15. The molecule has 0 N–H and O–H groups in total. The van der Waals surface area contributed by atoms with Crippen LogP contribution < -0.4 is 4.89 Å². The van der Waals surface area contributed by atoms with E-state index >= 15 is 0 Å². The zero-order chi connectivity index (χ0) is 49.9. The second-order valence-corrected chi connectivity index (χ2v) is 21.0. The van der Waals surface area contributed by atoms with Crippen molar-refractivity contribution in [2.75, 3.05) is 47.5 Å². The Labute approximate surface area is 418 Å². The summed E-state index contributed by atoms with van der Waals surface area (Å²) >= 11 is 0. The Morgan fingerprint density at radius 2 is 0.838 bits per heavy atom. The topological polar surface area (TPSA) is 111 Å². The van der Waals surface area contributed by atoms with Crippen LogP contribution >= 0.6 is 7.82 Å². The van der Waals surface area contributed by atoms with Gasteiger partial charge in [0.2, 0.25) is 0 Å². The molecule has 0 saturated carbocycles. The van der Waals surface area contributed by atoms with Gasteiger partial charge >= 0.3 is 11.9 Å². The van der Waals surface area contributed by atoms with E-state index in [9.17, 15) is 19.0 Å². The lowest BCUT2D eigenvalue weighted by atomic mass is 10.0. The Morgan fingerprint density at radius 1 is 0.471 bits per heavy atom. The first-order valence-corrected chi connectivity index (χ1v) is 29.1. The van der Waals surface area contributed by atoms with E-state index < -0.39 is 32.5 Å². The van der Waals surface area contributed by atoms with Crippen molar-refractivity contribution in [2.45, 2.75) is 238 Å². The number of hydrogen-bond donors (Lipinski definition) is 0. The monoisotopic (exact) mass is 974 g/mol. The molecular weight excluding hydrogens is 870 g/mol. The minimum absolute atomic E-state index is 0.0356. The molecule has 0 aromatic heterocycles. The third kappa shape index (κ3) is 52.8. The Bertz CT molecular complexity index is 1380. The molecule has 0 aromatic rings. The van der Waals surface area contributed by atoms with Gasteiger partial charge in [-0.2, -0.15) is 0 Å². The third-order valence-electron chi connectivity index (χ3n) is 11.7. The molecule has 0 aromatic carbocycles. The van der Waals surface area contributed by atoms with Crippen LogP contribution in [0.4, 0.5) is 0 Å². The highest BCUT2D eigenvalue weighted by Crippen LogP contribution is 2.38. The predicted octanol–water partition coefficient (Wildman–Crippen LogP) is 16.3. The predicted molar refractivity (Wildman–Crippen MR) is 286 cm³/mol. The van der Waals surface area contributed by atoms with Crippen LogP contribution in [0.1, 0.15) is 232 Å². The van der Waals surface area contributed by atoms with Crippen molar-refractivity contribution >= 4 is 19.8 Å². The van der Waals surface area contributed by atoms with E-state index in [0.717, 1.165) is 83.5 Å². The number of quaternary nitrogens is 1. The summed E-state index contributed by atoms with van der Waals surface area (Å²) < 4.78 is 34.1. The van der Waals surface area contributed by atoms with Gasteiger partial charge in [0.15, 0.2) is 6.10 Å². The number of allylic oxidation sites excluding steroid dienone is 12. The highest BCUT2D eigenvalue weighted by molar-refractivity contribution is 7.45. The number of nitrogens with zero attached hydrogens (tertiary/aromatic N) is 1. The maximum Gasteiger partial charge on any atom is 0.306 e. The number of hydrogen-bond acceptors (Lipinski definition) is 8. The number of phosphoric ester groups is 1. The standard InChI is InChI=1S/C58H104NO8P/c1-6-8-10-12-14-16-18-20-22-24-25-26-27-28-29-30-31-32-33-35-37-39-41-43-45-47-49-51-58(61)67-56(55-66-68(62,63)65-53-52-59(3,4)5)54-64-57(60)50-48-46-44-42-40-38-36-34-23-21-19-17-15-13-11-9-7-2/h9,11,15,17-18,20-21,23-25,27-28,56H,6-8,10,12-14,16,19,22,26,29-55H2,1-5H3/b11-9-,17-15-,20-18-,23-21-,25-24-,28-27-. The van der Waals surface area contributed by atoms with E-state index in [2.05, 4.69) is 86.8 Å². The minimum atomic E-state index is -4.64. The molecule has 0 bridgehead atoms. The van der Waals surface area contributed by atoms with Gasteiger partial charge in [0.1, 0.15) is 19.8 Å². The second-order valence-electron chi connectivity index (χ2n) is 19.6. The molecule has 0 spiro atoms. The van der Waals surface area contributed by atoms with Crippen LogP contribution in [0.15, 0.2) is 72.9 Å². The molecule has 0 fully saturated rings. The lowest BCUT2D eigenvalue weighted by Crippen LogP contribution is -2.37. The van der Waals surface area contributed by atoms with Gasteiger partial charge in [-0.3, -0.25) is 14.2 Å². The van der Waals surface area contributed by atoms with Crippen LogP contribution in [0.3, 0.4) is 0 Å². The fourth-order valence-corrected chi connectivity index (χ4v) is 8.17. The summed E-state index contributed by atoms with van der Waals surface area (Å²) in [4.78, 5) is 37.8. The van der Waals surface area contributed by atoms with Crippen molar-refractivity contribution in [1.29, 1.82) is 0 Å². The molecule has 0 aliphatic rings. The first kappa shape index (κ1) is 65.5. The normalized spacial score (nSPS) is 13.9. The van der Waals surface area contributed by atoms with Crippen molar-refractivity contribution in [3.8, 4) is 0 Å². The zero-order valence-electron chi connectivity index (χ0n) is 44.5. The van der Waals surface area contributed by atoms with Gasteiger partial charge in [-0.15, -0.1) is 0 Å². The quantitative estimate of drug-likeness (QED) is 0.0195. The Morgan fingerprint density at radius 3 is 1.25 bits per heavy atom. The van der Waals surface area contributed by atoms with Crippen molar-refractivity contribution in [3.05, 3.63) is 72.9 Å². The average molecular weight is 974 g/mol. The highest BCUT2D eigenvalue weighted by Gasteiger charge is 2.21. The van der Waals surface area contributed by atoms with Crippen LogP contribution in [0.2, 0.25) is 0 Å². The van der Waals surface area contributed by atoms with Crippen molar-refractivity contribution in [1.82, 2.24) is 0 Å². The fourth-order valence-electron chi connectivity index (χ4n) is 7.44. The highest BCUT2D eigenvalue weighted by atomic mass is 31.2. The Balaban J connectivity index is 4.19. The van der Waals surface area contributed by atoms with E-state index in [1.165, 1.54) is 116 Å². The molecule has 0 aliphatic heterocycles. The van der Waals surface area contributed by atoms with Gasteiger partial charge in [0, 0.05) is 12.8 Å². The molecule has 0 saturated heterocycles. The molecule has 10 heteroatoms. The van der Waals surface area contributed by atoms with Gasteiger partial charge in [-0.25, -0.2) is 0 Å². The molecule has 68 heavy (non-hydrogen) atoms. The molecular formula is C58H104NO8P. The summed E-state index contributed by atoms with van der Waals surface area (Å²) in [5, 5.41) is 0. The lowest BCUT2D eigenvalue weighted by molar-refractivity contribution is -0.870. The number of rotatable bonds is 50. The molecule has 0 heterocycles. The van der Waals surface area contributed by atoms with E-state index in [-0.39, 0.29) is 26.1 Å². The molecule has 0 amide bonds. The van der Waals surface area contributed by atoms with Gasteiger partial charge in [-0.1, -0.05) is 209 Å². The van der Waals surface area contributed by atoms with Crippen LogP contribution in [0.25, 0.3) is 0 Å². The lowest BCUT2D eigenvalue weighted by Gasteiger charge is -2.28. The largest absolute Gasteiger partial charge is 0.756 e. The van der Waals surface area contributed by atoms with Crippen LogP contribution in [-0.4, -0.2) is 70.0 Å². The van der Waals surface area contributed by atoms with E-state index in [4.69, 9.17) is 18.5 Å². The van der Waals surface area contributed by atoms with Crippen molar-refractivity contribution < 1.29 is 42.1 Å². The van der Waals surface area contributed by atoms with Gasteiger partial charge < -0.3 is 27.9 Å². The van der Waals surface area contributed by atoms with E-state index in [1.807, 2.05) is 21.1 Å². The molecule has 2 atom stereocenters. The summed E-state index contributed by atoms with van der Waals surface area (Å²) in [6, 6.07) is 0. The Kier molecular flexibility index (Phi) is 47.6. The molecule has 0 rings (SSSR count). The first-order chi connectivity index (χ1) is 33.0. The molecule has 0 aliphatic carbocycles. The minimum Gasteiger partial charge on any atom is -0.756 e. The van der Waals surface area contributed by atoms with Crippen LogP contribution in [0, 0.1) is 0 Å². The molecule has 394 valence electrons. The maximum atomic E-state index is 12.8. The van der Waals surface area contributed by atoms with E-state index in [1.54, 1.807) is 0 Å². The van der Waals surface area contributed by atoms with E-state index in [0.29, 0.717) is 17.4 Å².